The van der Waals surface area contributed by atoms with Crippen LogP contribution in [0.4, 0.5) is 5.69 Å². The van der Waals surface area contributed by atoms with Crippen LogP contribution in [0.25, 0.3) is 0 Å². The molecule has 1 saturated carbocycles. The molecule has 4 bridgehead atoms. The molecule has 2 aromatic rings. The second kappa shape index (κ2) is 11.3. The number of ether oxygens (including phenoxy) is 1. The van der Waals surface area contributed by atoms with Crippen molar-refractivity contribution in [3.8, 4) is 5.75 Å². The first-order chi connectivity index (χ1) is 20.7. The summed E-state index contributed by atoms with van der Waals surface area (Å²) in [5, 5.41) is 0.740. The molecule has 4 heterocycles. The maximum atomic E-state index is 13.4. The number of nitrogens with one attached hydrogen (secondary N) is 1. The second-order valence-electron chi connectivity index (χ2n) is 13.0. The fourth-order valence-electron chi connectivity index (χ4n) is 7.81. The van der Waals surface area contributed by atoms with Crippen LogP contribution in [0.1, 0.15) is 49.7 Å². The van der Waals surface area contributed by atoms with Crippen LogP contribution in [-0.4, -0.2) is 82.5 Å². The molecule has 43 heavy (non-hydrogen) atoms. The van der Waals surface area contributed by atoms with Gasteiger partial charge in [-0.3, -0.25) is 14.5 Å². The van der Waals surface area contributed by atoms with Gasteiger partial charge in [0.15, 0.2) is 0 Å². The van der Waals surface area contributed by atoms with Gasteiger partial charge in [-0.15, -0.1) is 0 Å². The number of sulfonamides is 1. The van der Waals surface area contributed by atoms with Crippen LogP contribution in [0.5, 0.6) is 5.75 Å². The number of halogens is 1. The first kappa shape index (κ1) is 28.9. The third-order valence-electron chi connectivity index (χ3n) is 10.4. The monoisotopic (exact) mass is 626 g/mol. The smallest absolute Gasteiger partial charge is 0.264 e. The maximum Gasteiger partial charge on any atom is 0.264 e. The lowest BCUT2D eigenvalue weighted by atomic mass is 9.69. The first-order valence-electron chi connectivity index (χ1n) is 15.6. The zero-order chi connectivity index (χ0) is 29.8. The third kappa shape index (κ3) is 5.62. The average molecular weight is 627 g/mol. The van der Waals surface area contributed by atoms with Crippen molar-refractivity contribution in [2.24, 2.45) is 11.8 Å². The molecule has 9 nitrogen and oxygen atoms in total. The summed E-state index contributed by atoms with van der Waals surface area (Å²) in [4.78, 5) is 32.1. The number of aryl methyl sites for hydroxylation is 1. The number of carbonyl (C=O) groups is 2. The fraction of sp³-hybridized carbons (Fsp3) is 0.562. The number of benzene rings is 2. The van der Waals surface area contributed by atoms with E-state index < -0.39 is 15.9 Å². The minimum absolute atomic E-state index is 0.00731. The molecule has 230 valence electrons. The largest absolute Gasteiger partial charge is 0.490 e. The Morgan fingerprint density at radius 3 is 2.49 bits per heavy atom. The summed E-state index contributed by atoms with van der Waals surface area (Å²) in [5.74, 6) is 0.899. The molecular weight excluding hydrogens is 588 g/mol. The van der Waals surface area contributed by atoms with Crippen LogP contribution >= 0.6 is 11.6 Å². The average Bonchev–Trinajstić information content (AvgIpc) is 3.13. The van der Waals surface area contributed by atoms with Crippen LogP contribution in [-0.2, 0) is 31.4 Å². The Labute approximate surface area is 258 Å². The molecule has 11 heteroatoms. The van der Waals surface area contributed by atoms with E-state index in [0.29, 0.717) is 43.8 Å². The molecule has 2 aliphatic carbocycles. The van der Waals surface area contributed by atoms with Gasteiger partial charge < -0.3 is 14.5 Å². The Kier molecular flexibility index (Phi) is 7.58. The number of rotatable bonds is 0. The van der Waals surface area contributed by atoms with Gasteiger partial charge in [0.25, 0.3) is 10.0 Å². The van der Waals surface area contributed by atoms with Crippen LogP contribution in [0.2, 0.25) is 5.02 Å². The summed E-state index contributed by atoms with van der Waals surface area (Å²) in [7, 11) is -4.14. The molecule has 4 aliphatic heterocycles. The van der Waals surface area contributed by atoms with Crippen molar-refractivity contribution < 1.29 is 22.7 Å². The highest BCUT2D eigenvalue weighted by Gasteiger charge is 2.44. The lowest BCUT2D eigenvalue weighted by molar-refractivity contribution is -0.135. The second-order valence-corrected chi connectivity index (χ2v) is 15.2. The van der Waals surface area contributed by atoms with Crippen molar-refractivity contribution in [1.29, 1.82) is 0 Å². The summed E-state index contributed by atoms with van der Waals surface area (Å²) in [5.41, 5.74) is 3.04. The van der Waals surface area contributed by atoms with E-state index in [1.54, 1.807) is 17.0 Å². The molecule has 1 saturated heterocycles. The minimum Gasteiger partial charge on any atom is -0.490 e. The maximum absolute atomic E-state index is 13.4. The predicted octanol–water partition coefficient (Wildman–Crippen LogP) is 3.58. The van der Waals surface area contributed by atoms with Gasteiger partial charge in [-0.2, -0.15) is 0 Å². The van der Waals surface area contributed by atoms with Gasteiger partial charge in [0.05, 0.1) is 17.2 Å². The molecule has 6 aliphatic rings. The molecular formula is C32H39ClN4O5S. The fourth-order valence-corrected chi connectivity index (χ4v) is 9.04. The third-order valence-corrected chi connectivity index (χ3v) is 12.0. The van der Waals surface area contributed by atoms with Crippen molar-refractivity contribution in [2.45, 2.75) is 55.3 Å². The number of hydrogen-bond donors (Lipinski definition) is 1. The highest BCUT2D eigenvalue weighted by molar-refractivity contribution is 7.90. The van der Waals surface area contributed by atoms with E-state index in [9.17, 15) is 18.0 Å². The Hall–Kier alpha value is -2.82. The van der Waals surface area contributed by atoms with Gasteiger partial charge in [0.2, 0.25) is 11.8 Å². The van der Waals surface area contributed by atoms with Crippen molar-refractivity contribution in [3.05, 3.63) is 52.5 Å². The number of fused-ring (bicyclic) bond motifs is 9. The van der Waals surface area contributed by atoms with E-state index in [1.165, 1.54) is 23.6 Å². The van der Waals surface area contributed by atoms with E-state index in [4.69, 9.17) is 16.3 Å². The van der Waals surface area contributed by atoms with E-state index in [2.05, 4.69) is 26.7 Å². The molecule has 0 aromatic heterocycles. The zero-order valence-electron chi connectivity index (χ0n) is 24.4. The van der Waals surface area contributed by atoms with Crippen molar-refractivity contribution in [3.63, 3.8) is 0 Å². The van der Waals surface area contributed by atoms with Crippen LogP contribution in [0.3, 0.4) is 0 Å². The standard InChI is InChI=1S/C32H39ClN4O5S/c33-25-5-7-27-22(16-25)2-1-11-32(27)20-37-19-24-4-3-23(24)18-35-12-14-36(15-13-35)31(39)10-9-30(38)34-43(40,41)26-6-8-29(42-21-32)28(37)17-26/h5-8,16-17,23-24H,1-4,9-15,18-21H2,(H,34,38)/t23-,24-,32-/m0/s1. The number of carbonyl (C=O) groups excluding carboxylic acids is 2. The number of anilines is 1. The number of amides is 2. The normalized spacial score (nSPS) is 29.3. The van der Waals surface area contributed by atoms with Gasteiger partial charge >= 0.3 is 0 Å². The highest BCUT2D eigenvalue weighted by Crippen LogP contribution is 2.46. The van der Waals surface area contributed by atoms with Gasteiger partial charge in [0.1, 0.15) is 5.75 Å². The molecule has 8 rings (SSSR count). The van der Waals surface area contributed by atoms with E-state index in [0.717, 1.165) is 62.6 Å². The number of nitrogens with zero attached hydrogens (tertiary/aromatic N) is 3. The topological polar surface area (TPSA) is 99.3 Å². The summed E-state index contributed by atoms with van der Waals surface area (Å²) in [6.07, 6.45) is 5.12. The van der Waals surface area contributed by atoms with Crippen molar-refractivity contribution in [2.75, 3.05) is 57.3 Å². The minimum atomic E-state index is -4.14. The first-order valence-corrected chi connectivity index (χ1v) is 17.4. The van der Waals surface area contributed by atoms with Crippen LogP contribution < -0.4 is 14.4 Å². The molecule has 2 amide bonds. The lowest BCUT2D eigenvalue weighted by Gasteiger charge is -2.46. The van der Waals surface area contributed by atoms with Gasteiger partial charge in [0, 0.05) is 69.1 Å². The van der Waals surface area contributed by atoms with E-state index in [-0.39, 0.29) is 29.1 Å². The Morgan fingerprint density at radius 1 is 0.907 bits per heavy atom. The molecule has 1 N–H and O–H groups in total. The number of piperazine rings is 1. The quantitative estimate of drug-likeness (QED) is 0.477. The van der Waals surface area contributed by atoms with Crippen LogP contribution in [0, 0.1) is 11.8 Å². The molecule has 2 aromatic carbocycles. The van der Waals surface area contributed by atoms with E-state index >= 15 is 0 Å². The van der Waals surface area contributed by atoms with Gasteiger partial charge in [-0.05, 0) is 85.4 Å². The summed E-state index contributed by atoms with van der Waals surface area (Å²) >= 11 is 6.40. The summed E-state index contributed by atoms with van der Waals surface area (Å²) in [6, 6.07) is 11.1. The van der Waals surface area contributed by atoms with Gasteiger partial charge in [-0.1, -0.05) is 17.7 Å². The Balaban J connectivity index is 1.27. The summed E-state index contributed by atoms with van der Waals surface area (Å²) < 4.78 is 35.5. The number of hydrogen-bond acceptors (Lipinski definition) is 7. The predicted molar refractivity (Wildman–Crippen MR) is 164 cm³/mol. The van der Waals surface area contributed by atoms with Crippen molar-refractivity contribution >= 4 is 39.1 Å². The van der Waals surface area contributed by atoms with Crippen LogP contribution in [0.15, 0.2) is 41.3 Å². The Morgan fingerprint density at radius 2 is 1.70 bits per heavy atom. The summed E-state index contributed by atoms with van der Waals surface area (Å²) in [6.45, 7) is 5.95. The SMILES string of the molecule is O=C1CCC(=O)N2CCN(CC2)C[C@@H]2CC[C@H]2CN2C[C@@]3(CCCc4cc(Cl)ccc43)COc3ccc(cc32)S(=O)(=O)N1. The molecule has 3 atom stereocenters. The molecule has 2 fully saturated rings. The molecule has 1 spiro atoms. The molecule has 0 radical (unpaired) electrons. The molecule has 0 unspecified atom stereocenters. The zero-order valence-corrected chi connectivity index (χ0v) is 26.0. The highest BCUT2D eigenvalue weighted by atomic mass is 35.5. The van der Waals surface area contributed by atoms with Gasteiger partial charge in [-0.25, -0.2) is 13.1 Å². The van der Waals surface area contributed by atoms with Crippen molar-refractivity contribution in [1.82, 2.24) is 14.5 Å². The van der Waals surface area contributed by atoms with E-state index in [1.807, 2.05) is 6.07 Å². The lowest BCUT2D eigenvalue weighted by Crippen LogP contribution is -2.53. The Bertz CT molecular complexity index is 1540.